The van der Waals surface area contributed by atoms with Gasteiger partial charge in [0.1, 0.15) is 10.8 Å². The smallest absolute Gasteiger partial charge is 0.265 e. The highest BCUT2D eigenvalue weighted by Crippen LogP contribution is 2.39. The van der Waals surface area contributed by atoms with E-state index in [1.54, 1.807) is 22.4 Å². The number of ether oxygens (including phenoxy) is 1. The van der Waals surface area contributed by atoms with Gasteiger partial charge in [-0.15, -0.1) is 11.3 Å². The first kappa shape index (κ1) is 19.7. The summed E-state index contributed by atoms with van der Waals surface area (Å²) >= 11 is 7.61. The Kier molecular flexibility index (Phi) is 5.18. The molecule has 5 nitrogen and oxygen atoms in total. The number of hydrogen-bond acceptors (Lipinski definition) is 5. The molecule has 0 bridgehead atoms. The fourth-order valence-electron chi connectivity index (χ4n) is 3.56. The van der Waals surface area contributed by atoms with Gasteiger partial charge in [0.25, 0.3) is 5.91 Å². The summed E-state index contributed by atoms with van der Waals surface area (Å²) in [4.78, 5) is 24.8. The second kappa shape index (κ2) is 8.13. The van der Waals surface area contributed by atoms with E-state index in [0.29, 0.717) is 17.3 Å². The van der Waals surface area contributed by atoms with Crippen molar-refractivity contribution >= 4 is 34.5 Å². The number of pyridine rings is 1. The van der Waals surface area contributed by atoms with E-state index in [0.717, 1.165) is 38.1 Å². The molecule has 31 heavy (non-hydrogen) atoms. The largest absolute Gasteiger partial charge is 0.482 e. The Morgan fingerprint density at radius 1 is 1.13 bits per heavy atom. The zero-order valence-electron chi connectivity index (χ0n) is 16.7. The quantitative estimate of drug-likeness (QED) is 0.399. The average molecular weight is 448 g/mol. The van der Waals surface area contributed by atoms with Gasteiger partial charge in [-0.25, -0.2) is 4.98 Å². The maximum atomic E-state index is 12.7. The lowest BCUT2D eigenvalue weighted by atomic mass is 10.1. The first-order valence-corrected chi connectivity index (χ1v) is 11.0. The second-order valence-corrected chi connectivity index (χ2v) is 8.86. The van der Waals surface area contributed by atoms with Gasteiger partial charge in [-0.05, 0) is 55.0 Å². The maximum Gasteiger partial charge on any atom is 0.265 e. The number of fused-ring (bicyclic) bond motifs is 1. The van der Waals surface area contributed by atoms with Gasteiger partial charge in [0, 0.05) is 21.7 Å². The Morgan fingerprint density at radius 2 is 1.97 bits per heavy atom. The van der Waals surface area contributed by atoms with Crippen molar-refractivity contribution in [2.75, 3.05) is 11.5 Å². The zero-order chi connectivity index (χ0) is 21.4. The summed E-state index contributed by atoms with van der Waals surface area (Å²) < 4.78 is 5.68. The minimum Gasteiger partial charge on any atom is -0.482 e. The Hall–Kier alpha value is -3.22. The molecule has 1 aliphatic heterocycles. The third kappa shape index (κ3) is 3.92. The number of nitrogens with zero attached hydrogens (tertiary/aromatic N) is 3. The molecule has 4 aromatic rings. The monoisotopic (exact) mass is 447 g/mol. The van der Waals surface area contributed by atoms with Crippen LogP contribution in [0.2, 0.25) is 5.02 Å². The molecule has 0 fully saturated rings. The number of benzene rings is 2. The van der Waals surface area contributed by atoms with Crippen LogP contribution in [0.1, 0.15) is 10.4 Å². The maximum absolute atomic E-state index is 12.7. The Morgan fingerprint density at radius 3 is 2.74 bits per heavy atom. The molecule has 2 aromatic carbocycles. The van der Waals surface area contributed by atoms with Crippen LogP contribution in [0.3, 0.4) is 0 Å². The molecule has 2 aromatic heterocycles. The highest BCUT2D eigenvalue weighted by atomic mass is 35.5. The molecular formula is C24H18ClN3O2S. The molecule has 0 N–H and O–H groups in total. The van der Waals surface area contributed by atoms with E-state index in [2.05, 4.69) is 4.98 Å². The number of rotatable bonds is 4. The van der Waals surface area contributed by atoms with Crippen molar-refractivity contribution in [3.63, 3.8) is 0 Å². The van der Waals surface area contributed by atoms with Crippen LogP contribution in [0.15, 0.2) is 66.9 Å². The van der Waals surface area contributed by atoms with Crippen LogP contribution < -0.4 is 9.64 Å². The van der Waals surface area contributed by atoms with Crippen molar-refractivity contribution < 1.29 is 9.53 Å². The molecular weight excluding hydrogens is 430 g/mol. The van der Waals surface area contributed by atoms with Crippen LogP contribution >= 0.6 is 22.9 Å². The molecule has 0 spiro atoms. The average Bonchev–Trinajstić information content (AvgIpc) is 3.19. The fraction of sp³-hybridized carbons (Fsp3) is 0.125. The zero-order valence-corrected chi connectivity index (χ0v) is 18.3. The van der Waals surface area contributed by atoms with Crippen molar-refractivity contribution in [3.8, 4) is 27.7 Å². The van der Waals surface area contributed by atoms with Gasteiger partial charge in [-0.2, -0.15) is 0 Å². The van der Waals surface area contributed by atoms with E-state index < -0.39 is 0 Å². The Balaban J connectivity index is 1.52. The number of carbonyl (C=O) groups excluding carboxylic acids is 1. The molecule has 0 radical (unpaired) electrons. The number of carbonyl (C=O) groups is 1. The number of halogens is 1. The van der Waals surface area contributed by atoms with Crippen molar-refractivity contribution in [2.24, 2.45) is 0 Å². The minimum atomic E-state index is -0.0798. The summed E-state index contributed by atoms with van der Waals surface area (Å²) in [6.45, 7) is 2.52. The van der Waals surface area contributed by atoms with Crippen molar-refractivity contribution in [1.82, 2.24) is 9.97 Å². The van der Waals surface area contributed by atoms with E-state index in [1.165, 1.54) is 0 Å². The topological polar surface area (TPSA) is 55.3 Å². The fourth-order valence-corrected chi connectivity index (χ4v) is 4.60. The van der Waals surface area contributed by atoms with Gasteiger partial charge in [0.2, 0.25) is 0 Å². The molecule has 0 saturated carbocycles. The molecule has 0 unspecified atom stereocenters. The van der Waals surface area contributed by atoms with Crippen LogP contribution in [0.4, 0.5) is 5.69 Å². The lowest BCUT2D eigenvalue weighted by molar-refractivity contribution is -0.121. The SMILES string of the molecule is Cc1sc(-c2ccccn2)nc1-c1ccc2c(c1)N(Cc1ccc(Cl)cc1)C(=O)CO2. The third-order valence-electron chi connectivity index (χ3n) is 5.11. The molecule has 0 aliphatic carbocycles. The molecule has 7 heteroatoms. The molecule has 0 atom stereocenters. The summed E-state index contributed by atoms with van der Waals surface area (Å²) in [7, 11) is 0. The van der Waals surface area contributed by atoms with E-state index in [-0.39, 0.29) is 12.5 Å². The summed E-state index contributed by atoms with van der Waals surface area (Å²) in [6, 6.07) is 19.2. The van der Waals surface area contributed by atoms with Gasteiger partial charge in [0.15, 0.2) is 6.61 Å². The number of thiazole rings is 1. The van der Waals surface area contributed by atoms with E-state index in [9.17, 15) is 4.79 Å². The van der Waals surface area contributed by atoms with Gasteiger partial charge in [-0.1, -0.05) is 29.8 Å². The highest BCUT2D eigenvalue weighted by molar-refractivity contribution is 7.15. The van der Waals surface area contributed by atoms with Crippen molar-refractivity contribution in [3.05, 3.63) is 82.3 Å². The van der Waals surface area contributed by atoms with E-state index in [1.807, 2.05) is 67.6 Å². The predicted octanol–water partition coefficient (Wildman–Crippen LogP) is 5.76. The summed E-state index contributed by atoms with van der Waals surface area (Å²) in [6.07, 6.45) is 1.77. The predicted molar refractivity (Wildman–Crippen MR) is 124 cm³/mol. The lowest BCUT2D eigenvalue weighted by Gasteiger charge is -2.30. The minimum absolute atomic E-state index is 0.0273. The van der Waals surface area contributed by atoms with Gasteiger partial charge < -0.3 is 9.64 Å². The van der Waals surface area contributed by atoms with Gasteiger partial charge in [-0.3, -0.25) is 9.78 Å². The molecule has 0 saturated heterocycles. The summed E-state index contributed by atoms with van der Waals surface area (Å²) in [5.41, 5.74) is 4.42. The van der Waals surface area contributed by atoms with Crippen molar-refractivity contribution in [2.45, 2.75) is 13.5 Å². The lowest BCUT2D eigenvalue weighted by Crippen LogP contribution is -2.38. The van der Waals surface area contributed by atoms with Gasteiger partial charge >= 0.3 is 0 Å². The normalized spacial score (nSPS) is 13.1. The van der Waals surface area contributed by atoms with Gasteiger partial charge in [0.05, 0.1) is 23.6 Å². The number of hydrogen-bond donors (Lipinski definition) is 0. The third-order valence-corrected chi connectivity index (χ3v) is 6.36. The number of aryl methyl sites for hydroxylation is 1. The van der Waals surface area contributed by atoms with Crippen LogP contribution in [0.25, 0.3) is 22.0 Å². The van der Waals surface area contributed by atoms with Crippen LogP contribution in [0, 0.1) is 6.92 Å². The van der Waals surface area contributed by atoms with Crippen LogP contribution in [-0.4, -0.2) is 22.5 Å². The Labute approximate surface area is 188 Å². The first-order chi connectivity index (χ1) is 15.1. The second-order valence-electron chi connectivity index (χ2n) is 7.22. The molecule has 154 valence electrons. The highest BCUT2D eigenvalue weighted by Gasteiger charge is 2.27. The summed E-state index contributed by atoms with van der Waals surface area (Å²) in [5.74, 6) is 0.610. The Bertz CT molecular complexity index is 1260. The number of anilines is 1. The number of aromatic nitrogens is 2. The van der Waals surface area contributed by atoms with Crippen LogP contribution in [-0.2, 0) is 11.3 Å². The van der Waals surface area contributed by atoms with Crippen LogP contribution in [0.5, 0.6) is 5.75 Å². The van der Waals surface area contributed by atoms with E-state index in [4.69, 9.17) is 21.3 Å². The first-order valence-electron chi connectivity index (χ1n) is 9.79. The van der Waals surface area contributed by atoms with Crippen molar-refractivity contribution in [1.29, 1.82) is 0 Å². The summed E-state index contributed by atoms with van der Waals surface area (Å²) in [5, 5.41) is 1.54. The molecule has 5 rings (SSSR count). The standard InChI is InChI=1S/C24H18ClN3O2S/c1-15-23(27-24(31-15)19-4-2-3-11-26-19)17-7-10-21-20(12-17)28(22(29)14-30-21)13-16-5-8-18(25)9-6-16/h2-12H,13-14H2,1H3. The number of amides is 1. The van der Waals surface area contributed by atoms with E-state index >= 15 is 0 Å². The molecule has 1 amide bonds. The molecule has 3 heterocycles. The molecule has 1 aliphatic rings.